The lowest BCUT2D eigenvalue weighted by Crippen LogP contribution is -2.47. The third kappa shape index (κ3) is 8.14. The summed E-state index contributed by atoms with van der Waals surface area (Å²) in [6, 6.07) is 13.0. The first-order valence-corrected chi connectivity index (χ1v) is 12.3. The van der Waals surface area contributed by atoms with Crippen LogP contribution in [0.3, 0.4) is 0 Å². The van der Waals surface area contributed by atoms with Crippen LogP contribution in [0.15, 0.2) is 71.9 Å². The number of nitrogens with zero attached hydrogens (tertiary/aromatic N) is 1. The molecule has 0 bridgehead atoms. The number of benzene rings is 2. The molecule has 0 aliphatic heterocycles. The van der Waals surface area contributed by atoms with Crippen LogP contribution in [-0.2, 0) is 26.1 Å². The number of sulfonamides is 1. The Kier molecular flexibility index (Phi) is 9.46. The second kappa shape index (κ2) is 11.6. The summed E-state index contributed by atoms with van der Waals surface area (Å²) < 4.78 is 53.1. The van der Waals surface area contributed by atoms with Crippen LogP contribution >= 0.6 is 11.6 Å². The van der Waals surface area contributed by atoms with Crippen molar-refractivity contribution in [2.45, 2.75) is 50.3 Å². The molecule has 0 fully saturated rings. The van der Waals surface area contributed by atoms with Gasteiger partial charge in [0.2, 0.25) is 10.0 Å². The molecular weight excluding hydrogens is 469 g/mol. The number of hydrogen-bond donors (Lipinski definition) is 0. The normalized spacial score (nSPS) is 12.9. The standard InChI is InChI=1S/C24H29ClFNO5S/c1-18(26)16-22(23(28)32-24(2,3)4)27(17-19-8-6-5-7-9-19)33(29,30)21-12-10-20(11-13-21)31-15-14-25/h5-13,22H,1,14-17H2,2-4H3. The van der Waals surface area contributed by atoms with Crippen LogP contribution in [0.25, 0.3) is 0 Å². The highest BCUT2D eigenvalue weighted by Gasteiger charge is 2.39. The van der Waals surface area contributed by atoms with Crippen LogP contribution in [0.4, 0.5) is 4.39 Å². The number of ether oxygens (including phenoxy) is 2. The highest BCUT2D eigenvalue weighted by atomic mass is 35.5. The minimum atomic E-state index is -4.24. The number of rotatable bonds is 11. The summed E-state index contributed by atoms with van der Waals surface area (Å²) in [7, 11) is -4.24. The molecule has 0 radical (unpaired) electrons. The molecule has 0 saturated carbocycles. The first-order valence-electron chi connectivity index (χ1n) is 10.3. The van der Waals surface area contributed by atoms with Crippen molar-refractivity contribution >= 4 is 27.6 Å². The van der Waals surface area contributed by atoms with Crippen LogP contribution in [0, 0.1) is 0 Å². The van der Waals surface area contributed by atoms with Gasteiger partial charge in [-0.25, -0.2) is 12.8 Å². The van der Waals surface area contributed by atoms with Gasteiger partial charge in [0, 0.05) is 13.0 Å². The summed E-state index contributed by atoms with van der Waals surface area (Å²) in [5.41, 5.74) is -0.266. The minimum Gasteiger partial charge on any atom is -0.492 e. The van der Waals surface area contributed by atoms with E-state index in [1.54, 1.807) is 51.1 Å². The van der Waals surface area contributed by atoms with Gasteiger partial charge in [-0.1, -0.05) is 36.9 Å². The molecule has 0 N–H and O–H groups in total. The second-order valence-corrected chi connectivity index (χ2v) is 10.6. The number of halogens is 2. The van der Waals surface area contributed by atoms with Gasteiger partial charge in [0.15, 0.2) is 0 Å². The van der Waals surface area contributed by atoms with E-state index in [9.17, 15) is 17.6 Å². The van der Waals surface area contributed by atoms with Crippen molar-refractivity contribution < 1.29 is 27.1 Å². The Morgan fingerprint density at radius 3 is 2.24 bits per heavy atom. The molecule has 33 heavy (non-hydrogen) atoms. The van der Waals surface area contributed by atoms with E-state index in [1.165, 1.54) is 24.3 Å². The molecule has 0 aliphatic rings. The molecule has 0 spiro atoms. The average molecular weight is 498 g/mol. The highest BCUT2D eigenvalue weighted by Crippen LogP contribution is 2.27. The zero-order valence-electron chi connectivity index (χ0n) is 19.0. The fraction of sp³-hybridized carbons (Fsp3) is 0.375. The van der Waals surface area contributed by atoms with Crippen molar-refractivity contribution in [2.24, 2.45) is 0 Å². The van der Waals surface area contributed by atoms with Gasteiger partial charge in [0.1, 0.15) is 24.0 Å². The Balaban J connectivity index is 2.52. The molecule has 0 aliphatic carbocycles. The molecule has 9 heteroatoms. The first kappa shape index (κ1) is 26.8. The second-order valence-electron chi connectivity index (χ2n) is 8.32. The Hall–Kier alpha value is -2.42. The zero-order valence-corrected chi connectivity index (χ0v) is 20.5. The number of alkyl halides is 1. The van der Waals surface area contributed by atoms with Crippen molar-refractivity contribution in [3.63, 3.8) is 0 Å². The Morgan fingerprint density at radius 2 is 1.73 bits per heavy atom. The van der Waals surface area contributed by atoms with Gasteiger partial charge < -0.3 is 9.47 Å². The van der Waals surface area contributed by atoms with Crippen LogP contribution in [0.1, 0.15) is 32.8 Å². The predicted octanol–water partition coefficient (Wildman–Crippen LogP) is 5.08. The van der Waals surface area contributed by atoms with Crippen molar-refractivity contribution in [2.75, 3.05) is 12.5 Å². The molecule has 2 aromatic rings. The highest BCUT2D eigenvalue weighted by molar-refractivity contribution is 7.89. The molecule has 0 saturated heterocycles. The maximum absolute atomic E-state index is 14.0. The first-order chi connectivity index (χ1) is 15.4. The lowest BCUT2D eigenvalue weighted by molar-refractivity contribution is -0.159. The predicted molar refractivity (Wildman–Crippen MR) is 126 cm³/mol. The third-order valence-electron chi connectivity index (χ3n) is 4.40. The largest absolute Gasteiger partial charge is 0.492 e. The van der Waals surface area contributed by atoms with E-state index in [-0.39, 0.29) is 23.9 Å². The molecule has 180 valence electrons. The summed E-state index contributed by atoms with van der Waals surface area (Å²) in [5.74, 6) is -0.952. The monoisotopic (exact) mass is 497 g/mol. The third-order valence-corrected chi connectivity index (χ3v) is 6.42. The number of esters is 1. The molecule has 0 heterocycles. The summed E-state index contributed by atoms with van der Waals surface area (Å²) in [6.07, 6.45) is -0.530. The lowest BCUT2D eigenvalue weighted by atomic mass is 10.1. The summed E-state index contributed by atoms with van der Waals surface area (Å²) >= 11 is 5.62. The molecule has 2 rings (SSSR count). The summed E-state index contributed by atoms with van der Waals surface area (Å²) in [5, 5.41) is 0. The van der Waals surface area contributed by atoms with E-state index in [0.29, 0.717) is 11.3 Å². The fourth-order valence-corrected chi connectivity index (χ4v) is 4.65. The molecule has 1 atom stereocenters. The van der Waals surface area contributed by atoms with Crippen LogP contribution in [0.2, 0.25) is 0 Å². The molecule has 0 aromatic heterocycles. The summed E-state index contributed by atoms with van der Waals surface area (Å²) in [6.45, 7) is 8.31. The van der Waals surface area contributed by atoms with Gasteiger partial charge in [0.25, 0.3) is 0 Å². The minimum absolute atomic E-state index is 0.0744. The van der Waals surface area contributed by atoms with E-state index >= 15 is 0 Å². The molecular formula is C24H29ClFNO5S. The van der Waals surface area contributed by atoms with E-state index in [1.807, 2.05) is 0 Å². The Labute approximate surface area is 200 Å². The zero-order chi connectivity index (χ0) is 24.6. The van der Waals surface area contributed by atoms with Crippen molar-refractivity contribution in [3.8, 4) is 5.75 Å². The van der Waals surface area contributed by atoms with Crippen LogP contribution < -0.4 is 4.74 Å². The van der Waals surface area contributed by atoms with Gasteiger partial charge in [-0.05, 0) is 50.6 Å². The fourth-order valence-electron chi connectivity index (χ4n) is 3.01. The van der Waals surface area contributed by atoms with Crippen molar-refractivity contribution in [1.82, 2.24) is 4.31 Å². The van der Waals surface area contributed by atoms with Crippen molar-refractivity contribution in [3.05, 3.63) is 72.6 Å². The quantitative estimate of drug-likeness (QED) is 0.320. The van der Waals surface area contributed by atoms with E-state index in [0.717, 1.165) is 4.31 Å². The summed E-state index contributed by atoms with van der Waals surface area (Å²) in [4.78, 5) is 12.9. The average Bonchev–Trinajstić information content (AvgIpc) is 2.74. The maximum Gasteiger partial charge on any atom is 0.325 e. The number of hydrogen-bond acceptors (Lipinski definition) is 5. The van der Waals surface area contributed by atoms with Crippen LogP contribution in [-0.4, -0.2) is 42.8 Å². The molecule has 0 amide bonds. The molecule has 2 aromatic carbocycles. The van der Waals surface area contributed by atoms with Gasteiger partial charge in [-0.2, -0.15) is 4.31 Å². The number of carbonyl (C=O) groups is 1. The SMILES string of the molecule is C=C(F)CC(C(=O)OC(C)(C)C)N(Cc1ccccc1)S(=O)(=O)c1ccc(OCCCl)cc1. The van der Waals surface area contributed by atoms with E-state index in [2.05, 4.69) is 6.58 Å². The Bertz CT molecular complexity index is 1040. The van der Waals surface area contributed by atoms with Crippen LogP contribution in [0.5, 0.6) is 5.75 Å². The van der Waals surface area contributed by atoms with Gasteiger partial charge >= 0.3 is 5.97 Å². The van der Waals surface area contributed by atoms with Gasteiger partial charge in [0.05, 0.1) is 16.6 Å². The topological polar surface area (TPSA) is 72.9 Å². The molecule has 6 nitrogen and oxygen atoms in total. The number of carbonyl (C=O) groups excluding carboxylic acids is 1. The van der Waals surface area contributed by atoms with E-state index < -0.39 is 39.9 Å². The molecule has 1 unspecified atom stereocenters. The van der Waals surface area contributed by atoms with Gasteiger partial charge in [-0.15, -0.1) is 11.6 Å². The maximum atomic E-state index is 14.0. The van der Waals surface area contributed by atoms with Gasteiger partial charge in [-0.3, -0.25) is 4.79 Å². The Morgan fingerprint density at radius 1 is 1.12 bits per heavy atom. The smallest absolute Gasteiger partial charge is 0.325 e. The van der Waals surface area contributed by atoms with Crippen molar-refractivity contribution in [1.29, 1.82) is 0 Å². The van der Waals surface area contributed by atoms with E-state index in [4.69, 9.17) is 21.1 Å². The lowest BCUT2D eigenvalue weighted by Gasteiger charge is -2.31.